The fraction of sp³-hybridized carbons (Fsp3) is 0.0500. The van der Waals surface area contributed by atoms with Crippen molar-refractivity contribution in [1.29, 1.82) is 0 Å². The summed E-state index contributed by atoms with van der Waals surface area (Å²) in [6.07, 6.45) is 0. The molecule has 4 rings (SSSR count). The standard InChI is InChI=1S/C20H14INO2/c21-14-10-11-19-17(12-14)16-8-4-5-9-18(16)22(19)13-20(23)24-15-6-2-1-3-7-15/h1-12H,13H2. The molecule has 3 nitrogen and oxygen atoms in total. The molecule has 3 aromatic carbocycles. The molecular formula is C20H14INO2. The summed E-state index contributed by atoms with van der Waals surface area (Å²) in [7, 11) is 0. The van der Waals surface area contributed by atoms with Crippen molar-refractivity contribution >= 4 is 50.4 Å². The molecule has 0 unspecified atom stereocenters. The second-order valence-electron chi connectivity index (χ2n) is 5.55. The maximum absolute atomic E-state index is 12.4. The first-order chi connectivity index (χ1) is 11.7. The summed E-state index contributed by atoms with van der Waals surface area (Å²) < 4.78 is 8.64. The third-order valence-corrected chi connectivity index (χ3v) is 4.67. The van der Waals surface area contributed by atoms with Gasteiger partial charge >= 0.3 is 5.97 Å². The Morgan fingerprint density at radius 1 is 0.875 bits per heavy atom. The SMILES string of the molecule is O=C(Cn1c2ccccc2c2cc(I)ccc21)Oc1ccccc1. The molecule has 0 atom stereocenters. The van der Waals surface area contributed by atoms with Gasteiger partial charge in [-0.1, -0.05) is 36.4 Å². The van der Waals surface area contributed by atoms with Crippen LogP contribution in [-0.2, 0) is 11.3 Å². The van der Waals surface area contributed by atoms with Crippen molar-refractivity contribution in [3.8, 4) is 5.75 Å². The monoisotopic (exact) mass is 427 g/mol. The number of ether oxygens (including phenoxy) is 1. The Bertz CT molecular complexity index is 1040. The Morgan fingerprint density at radius 2 is 1.58 bits per heavy atom. The molecule has 0 amide bonds. The van der Waals surface area contributed by atoms with Gasteiger partial charge in [0.25, 0.3) is 0 Å². The average molecular weight is 427 g/mol. The van der Waals surface area contributed by atoms with Gasteiger partial charge in [-0.15, -0.1) is 0 Å². The highest BCUT2D eigenvalue weighted by molar-refractivity contribution is 14.1. The number of hydrogen-bond acceptors (Lipinski definition) is 2. The van der Waals surface area contributed by atoms with Crippen molar-refractivity contribution in [2.75, 3.05) is 0 Å². The van der Waals surface area contributed by atoms with Crippen molar-refractivity contribution in [2.45, 2.75) is 6.54 Å². The van der Waals surface area contributed by atoms with E-state index in [-0.39, 0.29) is 12.5 Å². The fourth-order valence-electron chi connectivity index (χ4n) is 2.98. The van der Waals surface area contributed by atoms with Crippen LogP contribution < -0.4 is 4.74 Å². The zero-order chi connectivity index (χ0) is 16.5. The van der Waals surface area contributed by atoms with Crippen molar-refractivity contribution in [1.82, 2.24) is 4.57 Å². The molecule has 0 aliphatic heterocycles. The minimum atomic E-state index is -0.276. The largest absolute Gasteiger partial charge is 0.425 e. The first kappa shape index (κ1) is 15.2. The predicted molar refractivity (Wildman–Crippen MR) is 104 cm³/mol. The molecule has 0 aliphatic carbocycles. The highest BCUT2D eigenvalue weighted by Crippen LogP contribution is 2.30. The van der Waals surface area contributed by atoms with Crippen LogP contribution in [0.1, 0.15) is 0 Å². The Morgan fingerprint density at radius 3 is 2.42 bits per heavy atom. The molecule has 0 fully saturated rings. The number of hydrogen-bond donors (Lipinski definition) is 0. The lowest BCUT2D eigenvalue weighted by molar-refractivity contribution is -0.134. The first-order valence-corrected chi connectivity index (χ1v) is 8.72. The number of fused-ring (bicyclic) bond motifs is 3. The minimum Gasteiger partial charge on any atom is -0.425 e. The molecule has 4 heteroatoms. The number of carbonyl (C=O) groups excluding carboxylic acids is 1. The molecule has 4 aromatic rings. The van der Waals surface area contributed by atoms with Crippen molar-refractivity contribution < 1.29 is 9.53 Å². The molecule has 1 heterocycles. The van der Waals surface area contributed by atoms with E-state index in [0.717, 1.165) is 21.8 Å². The van der Waals surface area contributed by atoms with Crippen LogP contribution in [0, 0.1) is 3.57 Å². The lowest BCUT2D eigenvalue weighted by Crippen LogP contribution is -2.16. The molecule has 0 bridgehead atoms. The van der Waals surface area contributed by atoms with Crippen LogP contribution in [0.25, 0.3) is 21.8 Å². The van der Waals surface area contributed by atoms with E-state index >= 15 is 0 Å². The number of halogens is 1. The molecule has 24 heavy (non-hydrogen) atoms. The van der Waals surface area contributed by atoms with Crippen LogP contribution in [0.2, 0.25) is 0 Å². The van der Waals surface area contributed by atoms with Crippen LogP contribution in [0.15, 0.2) is 72.8 Å². The molecule has 118 valence electrons. The summed E-state index contributed by atoms with van der Waals surface area (Å²) in [5, 5.41) is 2.31. The summed E-state index contributed by atoms with van der Waals surface area (Å²) in [6, 6.07) is 23.6. The Kier molecular flexibility index (Phi) is 3.98. The van der Waals surface area contributed by atoms with Gasteiger partial charge in [0.1, 0.15) is 12.3 Å². The highest BCUT2D eigenvalue weighted by atomic mass is 127. The molecular weight excluding hydrogens is 413 g/mol. The van der Waals surface area contributed by atoms with E-state index in [1.54, 1.807) is 12.1 Å². The van der Waals surface area contributed by atoms with Crippen molar-refractivity contribution in [3.63, 3.8) is 0 Å². The number of nitrogens with zero attached hydrogens (tertiary/aromatic N) is 1. The van der Waals surface area contributed by atoms with Gasteiger partial charge in [-0.25, -0.2) is 4.79 Å². The number of carbonyl (C=O) groups is 1. The smallest absolute Gasteiger partial charge is 0.331 e. The number of para-hydroxylation sites is 2. The zero-order valence-electron chi connectivity index (χ0n) is 12.8. The Hall–Kier alpha value is -2.34. The van der Waals surface area contributed by atoms with E-state index in [1.165, 1.54) is 3.57 Å². The van der Waals surface area contributed by atoms with E-state index in [4.69, 9.17) is 4.74 Å². The lowest BCUT2D eigenvalue weighted by Gasteiger charge is -2.08. The van der Waals surface area contributed by atoms with E-state index in [0.29, 0.717) is 5.75 Å². The molecule has 0 saturated heterocycles. The third kappa shape index (κ3) is 2.78. The number of aromatic nitrogens is 1. The molecule has 0 spiro atoms. The zero-order valence-corrected chi connectivity index (χ0v) is 14.9. The van der Waals surface area contributed by atoms with Crippen molar-refractivity contribution in [3.05, 3.63) is 76.4 Å². The van der Waals surface area contributed by atoms with Crippen LogP contribution in [0.3, 0.4) is 0 Å². The van der Waals surface area contributed by atoms with E-state index in [9.17, 15) is 4.79 Å². The Balaban J connectivity index is 1.76. The Labute approximate surface area is 153 Å². The van der Waals surface area contributed by atoms with Gasteiger partial charge < -0.3 is 9.30 Å². The van der Waals surface area contributed by atoms with Crippen LogP contribution in [0.4, 0.5) is 0 Å². The average Bonchev–Trinajstić information content (AvgIpc) is 2.89. The summed E-state index contributed by atoms with van der Waals surface area (Å²) in [5.41, 5.74) is 2.08. The maximum Gasteiger partial charge on any atom is 0.331 e. The summed E-state index contributed by atoms with van der Waals surface area (Å²) in [5.74, 6) is 0.292. The summed E-state index contributed by atoms with van der Waals surface area (Å²) >= 11 is 2.31. The predicted octanol–water partition coefficient (Wildman–Crippen LogP) is 5.00. The van der Waals surface area contributed by atoms with Gasteiger partial charge in [0, 0.05) is 25.4 Å². The molecule has 0 saturated carbocycles. The van der Waals surface area contributed by atoms with Gasteiger partial charge in [-0.2, -0.15) is 0 Å². The maximum atomic E-state index is 12.4. The third-order valence-electron chi connectivity index (χ3n) is 4.00. The minimum absolute atomic E-state index is 0.180. The normalized spacial score (nSPS) is 11.0. The van der Waals surface area contributed by atoms with Gasteiger partial charge in [-0.05, 0) is 59.0 Å². The van der Waals surface area contributed by atoms with Gasteiger partial charge in [0.2, 0.25) is 0 Å². The molecule has 0 N–H and O–H groups in total. The van der Waals surface area contributed by atoms with E-state index in [1.807, 2.05) is 41.0 Å². The van der Waals surface area contributed by atoms with E-state index in [2.05, 4.69) is 46.9 Å². The topological polar surface area (TPSA) is 31.2 Å². The number of esters is 1. The molecule has 0 radical (unpaired) electrons. The van der Waals surface area contributed by atoms with Gasteiger partial charge in [-0.3, -0.25) is 0 Å². The quantitative estimate of drug-likeness (QED) is 0.262. The summed E-state index contributed by atoms with van der Waals surface area (Å²) in [6.45, 7) is 0.180. The van der Waals surface area contributed by atoms with Crippen LogP contribution in [0.5, 0.6) is 5.75 Å². The molecule has 0 aliphatic rings. The second kappa shape index (κ2) is 6.28. The van der Waals surface area contributed by atoms with Gasteiger partial charge in [0.15, 0.2) is 0 Å². The molecule has 1 aromatic heterocycles. The fourth-order valence-corrected chi connectivity index (χ4v) is 3.47. The second-order valence-corrected chi connectivity index (χ2v) is 6.80. The van der Waals surface area contributed by atoms with E-state index < -0.39 is 0 Å². The number of rotatable bonds is 3. The van der Waals surface area contributed by atoms with Gasteiger partial charge in [0.05, 0.1) is 0 Å². The highest BCUT2D eigenvalue weighted by Gasteiger charge is 2.14. The van der Waals surface area contributed by atoms with Crippen molar-refractivity contribution in [2.24, 2.45) is 0 Å². The number of benzene rings is 3. The van der Waals surface area contributed by atoms with Crippen LogP contribution >= 0.6 is 22.6 Å². The first-order valence-electron chi connectivity index (χ1n) is 7.64. The lowest BCUT2D eigenvalue weighted by atomic mass is 10.2. The van der Waals surface area contributed by atoms with Crippen LogP contribution in [-0.4, -0.2) is 10.5 Å². The summed E-state index contributed by atoms with van der Waals surface area (Å²) in [4.78, 5) is 12.4.